The van der Waals surface area contributed by atoms with Gasteiger partial charge < -0.3 is 15.8 Å². The molecule has 0 aliphatic carbocycles. The van der Waals surface area contributed by atoms with Gasteiger partial charge in [-0.15, -0.1) is 0 Å². The van der Waals surface area contributed by atoms with Gasteiger partial charge in [-0.3, -0.25) is 0 Å². The highest BCUT2D eigenvalue weighted by atomic mass is 16.5. The summed E-state index contributed by atoms with van der Waals surface area (Å²) in [6.45, 7) is 2.99. The number of nitrogens with one attached hydrogen (secondary N) is 1. The van der Waals surface area contributed by atoms with Gasteiger partial charge in [-0.05, 0) is 25.8 Å². The Morgan fingerprint density at radius 1 is 1.67 bits per heavy atom. The lowest BCUT2D eigenvalue weighted by Crippen LogP contribution is -2.30. The highest BCUT2D eigenvalue weighted by Crippen LogP contribution is 2.18. The van der Waals surface area contributed by atoms with Gasteiger partial charge in [-0.25, -0.2) is 4.98 Å². The summed E-state index contributed by atoms with van der Waals surface area (Å²) in [5.74, 6) is 0.818. The number of nitrogen functional groups attached to an aromatic ring is 1. The Morgan fingerprint density at radius 3 is 3.20 bits per heavy atom. The number of nitrogens with two attached hydrogens (primary N) is 1. The molecule has 4 nitrogen and oxygen atoms in total. The summed E-state index contributed by atoms with van der Waals surface area (Å²) >= 11 is 0. The molecule has 1 aliphatic rings. The van der Waals surface area contributed by atoms with Crippen molar-refractivity contribution in [1.29, 1.82) is 0 Å². The number of pyridine rings is 1. The lowest BCUT2D eigenvalue weighted by molar-refractivity contribution is 0.0995. The maximum Gasteiger partial charge on any atom is 0.128 e. The number of anilines is 2. The van der Waals surface area contributed by atoms with E-state index < -0.39 is 0 Å². The minimum absolute atomic E-state index is 0.279. The number of nitrogens with zero attached hydrogens (tertiary/aromatic N) is 1. The highest BCUT2D eigenvalue weighted by Gasteiger charge is 2.22. The van der Waals surface area contributed by atoms with Crippen LogP contribution in [0.5, 0.6) is 0 Å². The molecule has 1 aromatic heterocycles. The van der Waals surface area contributed by atoms with Crippen LogP contribution in [-0.4, -0.2) is 23.7 Å². The molecule has 2 unspecified atom stereocenters. The van der Waals surface area contributed by atoms with E-state index in [-0.39, 0.29) is 6.04 Å². The smallest absolute Gasteiger partial charge is 0.128 e. The molecule has 1 aliphatic heterocycles. The molecule has 15 heavy (non-hydrogen) atoms. The Balaban J connectivity index is 1.95. The molecule has 0 spiro atoms. The van der Waals surface area contributed by atoms with Crippen molar-refractivity contribution in [3.63, 3.8) is 0 Å². The molecule has 0 amide bonds. The van der Waals surface area contributed by atoms with Crippen molar-refractivity contribution in [2.24, 2.45) is 0 Å². The summed E-state index contributed by atoms with van der Waals surface area (Å²) in [6.07, 6.45) is 4.28. The molecule has 0 bridgehead atoms. The summed E-state index contributed by atoms with van der Waals surface area (Å²) in [4.78, 5) is 4.20. The average molecular weight is 207 g/mol. The third-order valence-electron chi connectivity index (χ3n) is 2.68. The van der Waals surface area contributed by atoms with E-state index >= 15 is 0 Å². The van der Waals surface area contributed by atoms with Crippen molar-refractivity contribution in [2.45, 2.75) is 31.9 Å². The van der Waals surface area contributed by atoms with Crippen LogP contribution < -0.4 is 11.1 Å². The number of ether oxygens (including phenoxy) is 1. The Bertz CT molecular complexity index is 323. The first-order chi connectivity index (χ1) is 7.25. The summed E-state index contributed by atoms with van der Waals surface area (Å²) in [5.41, 5.74) is 6.41. The van der Waals surface area contributed by atoms with Gasteiger partial charge in [0.25, 0.3) is 0 Å². The van der Waals surface area contributed by atoms with Crippen molar-refractivity contribution in [2.75, 3.05) is 17.7 Å². The molecular formula is C11H17N3O. The summed E-state index contributed by atoms with van der Waals surface area (Å²) in [7, 11) is 0. The van der Waals surface area contributed by atoms with Gasteiger partial charge in [0, 0.05) is 24.6 Å². The molecule has 4 heteroatoms. The van der Waals surface area contributed by atoms with Crippen molar-refractivity contribution in [1.82, 2.24) is 4.98 Å². The fraction of sp³-hybridized carbons (Fsp3) is 0.545. The van der Waals surface area contributed by atoms with Crippen LogP contribution in [0.1, 0.15) is 19.8 Å². The van der Waals surface area contributed by atoms with Crippen LogP contribution >= 0.6 is 0 Å². The Morgan fingerprint density at radius 2 is 2.53 bits per heavy atom. The second-order valence-electron chi connectivity index (χ2n) is 3.96. The van der Waals surface area contributed by atoms with Gasteiger partial charge in [0.2, 0.25) is 0 Å². The number of hydrogen-bond donors (Lipinski definition) is 2. The van der Waals surface area contributed by atoms with E-state index in [9.17, 15) is 0 Å². The molecule has 82 valence electrons. The second-order valence-corrected chi connectivity index (χ2v) is 3.96. The fourth-order valence-corrected chi connectivity index (χ4v) is 1.85. The predicted octanol–water partition coefficient (Wildman–Crippen LogP) is 1.64. The maximum atomic E-state index is 5.68. The first-order valence-electron chi connectivity index (χ1n) is 5.35. The number of hydrogen-bond acceptors (Lipinski definition) is 4. The fourth-order valence-electron chi connectivity index (χ4n) is 1.85. The van der Waals surface area contributed by atoms with Crippen LogP contribution in [0.25, 0.3) is 0 Å². The van der Waals surface area contributed by atoms with Gasteiger partial charge in [-0.2, -0.15) is 0 Å². The molecule has 0 radical (unpaired) electrons. The van der Waals surface area contributed by atoms with E-state index in [0.29, 0.717) is 6.10 Å². The van der Waals surface area contributed by atoms with Crippen LogP contribution in [0.4, 0.5) is 11.5 Å². The van der Waals surface area contributed by atoms with Gasteiger partial charge in [-0.1, -0.05) is 0 Å². The van der Waals surface area contributed by atoms with Gasteiger partial charge in [0.05, 0.1) is 12.1 Å². The standard InChI is InChI=1S/C11H17N3O/c1-8(10-3-2-6-15-10)14-11-7-9(12)4-5-13-11/h4-5,7-8,10H,2-3,6H2,1H3,(H3,12,13,14). The SMILES string of the molecule is CC(Nc1cc(N)ccn1)C1CCCO1. The van der Waals surface area contributed by atoms with E-state index in [0.717, 1.165) is 31.0 Å². The number of rotatable bonds is 3. The summed E-state index contributed by atoms with van der Waals surface area (Å²) in [5, 5.41) is 3.31. The molecule has 2 heterocycles. The zero-order chi connectivity index (χ0) is 10.7. The van der Waals surface area contributed by atoms with Crippen LogP contribution in [0.3, 0.4) is 0 Å². The lowest BCUT2D eigenvalue weighted by Gasteiger charge is -2.20. The molecule has 2 atom stereocenters. The molecule has 1 aromatic rings. The quantitative estimate of drug-likeness (QED) is 0.791. The monoisotopic (exact) mass is 207 g/mol. The number of aromatic nitrogens is 1. The predicted molar refractivity (Wildman–Crippen MR) is 60.7 cm³/mol. The second kappa shape index (κ2) is 4.49. The Labute approximate surface area is 89.8 Å². The van der Waals surface area contributed by atoms with Crippen molar-refractivity contribution in [3.8, 4) is 0 Å². The molecule has 3 N–H and O–H groups in total. The first-order valence-corrected chi connectivity index (χ1v) is 5.35. The Hall–Kier alpha value is -1.29. The van der Waals surface area contributed by atoms with Crippen molar-refractivity contribution >= 4 is 11.5 Å². The largest absolute Gasteiger partial charge is 0.399 e. The molecular weight excluding hydrogens is 190 g/mol. The lowest BCUT2D eigenvalue weighted by atomic mass is 10.1. The summed E-state index contributed by atoms with van der Waals surface area (Å²) in [6, 6.07) is 3.90. The zero-order valence-corrected chi connectivity index (χ0v) is 8.94. The van der Waals surface area contributed by atoms with Gasteiger partial charge >= 0.3 is 0 Å². The van der Waals surface area contributed by atoms with Gasteiger partial charge in [0.1, 0.15) is 5.82 Å². The maximum absolute atomic E-state index is 5.68. The molecule has 2 rings (SSSR count). The minimum Gasteiger partial charge on any atom is -0.399 e. The van der Waals surface area contributed by atoms with Crippen LogP contribution in [0, 0.1) is 0 Å². The molecule has 1 fully saturated rings. The first kappa shape index (κ1) is 10.2. The highest BCUT2D eigenvalue weighted by molar-refractivity contribution is 5.48. The van der Waals surface area contributed by atoms with E-state index in [4.69, 9.17) is 10.5 Å². The van der Waals surface area contributed by atoms with E-state index in [1.807, 2.05) is 6.07 Å². The van der Waals surface area contributed by atoms with E-state index in [2.05, 4.69) is 17.2 Å². The van der Waals surface area contributed by atoms with E-state index in [1.54, 1.807) is 12.3 Å². The minimum atomic E-state index is 0.279. The molecule has 1 saturated heterocycles. The van der Waals surface area contributed by atoms with Crippen LogP contribution in [0.2, 0.25) is 0 Å². The molecule has 0 aromatic carbocycles. The van der Waals surface area contributed by atoms with E-state index in [1.165, 1.54) is 0 Å². The van der Waals surface area contributed by atoms with Gasteiger partial charge in [0.15, 0.2) is 0 Å². The van der Waals surface area contributed by atoms with Crippen LogP contribution in [-0.2, 0) is 4.74 Å². The average Bonchev–Trinajstić information content (AvgIpc) is 2.70. The van der Waals surface area contributed by atoms with Crippen LogP contribution in [0.15, 0.2) is 18.3 Å². The molecule has 0 saturated carbocycles. The third-order valence-corrected chi connectivity index (χ3v) is 2.68. The van der Waals surface area contributed by atoms with Crippen molar-refractivity contribution < 1.29 is 4.74 Å². The van der Waals surface area contributed by atoms with Crippen molar-refractivity contribution in [3.05, 3.63) is 18.3 Å². The third kappa shape index (κ3) is 2.59. The zero-order valence-electron chi connectivity index (χ0n) is 8.94. The Kier molecular flexibility index (Phi) is 3.06. The topological polar surface area (TPSA) is 60.2 Å². The normalized spacial score (nSPS) is 22.6. The summed E-state index contributed by atoms with van der Waals surface area (Å²) < 4.78 is 5.60.